The highest BCUT2D eigenvalue weighted by molar-refractivity contribution is 6.15. The molecule has 0 spiro atoms. The van der Waals surface area contributed by atoms with E-state index in [1.165, 1.54) is 0 Å². The van der Waals surface area contributed by atoms with Crippen molar-refractivity contribution >= 4 is 53.7 Å². The summed E-state index contributed by atoms with van der Waals surface area (Å²) in [7, 11) is 0. The first-order valence-electron chi connectivity index (χ1n) is 34.1. The molecule has 0 amide bonds. The van der Waals surface area contributed by atoms with Crippen LogP contribution in [0.4, 0.5) is 0 Å². The molecule has 9 aromatic carbocycles. The number of cyclic esters (lactones) is 4. The number of benzene rings is 9. The third-order valence-electron chi connectivity index (χ3n) is 20.5. The number of carbonyl (C=O) groups is 9. The van der Waals surface area contributed by atoms with Crippen molar-refractivity contribution in [2.75, 3.05) is 13.2 Å². The molecule has 47 heteroatoms. The number of esters is 9. The summed E-state index contributed by atoms with van der Waals surface area (Å²) in [5.41, 5.74) is -35.3. The number of ether oxygens (including phenoxy) is 10. The van der Waals surface area contributed by atoms with Gasteiger partial charge in [-0.05, 0) is 54.6 Å². The van der Waals surface area contributed by atoms with Gasteiger partial charge < -0.3 is 190 Å². The summed E-state index contributed by atoms with van der Waals surface area (Å²) < 4.78 is 57.3. The molecule has 2 bridgehead atoms. The van der Waals surface area contributed by atoms with Crippen LogP contribution < -0.4 is 0 Å². The molecular weight excluding hydrogens is 1650 g/mol. The molecule has 1 saturated heterocycles. The first kappa shape index (κ1) is 80.1. The fourth-order valence-corrected chi connectivity index (χ4v) is 14.9. The lowest BCUT2D eigenvalue weighted by molar-refractivity contribution is -0.284. The van der Waals surface area contributed by atoms with Gasteiger partial charge in [-0.1, -0.05) is 0 Å². The van der Waals surface area contributed by atoms with Gasteiger partial charge in [0.15, 0.2) is 164 Å². The second kappa shape index (κ2) is 27.8. The third kappa shape index (κ3) is 11.6. The SMILES string of the molecule is O=C(OC1COC(=O)c2cc(O)c(O)c(O)c2-c2c(ccc(O)c2O)C(=O)OC1C1OC(=O)c2cc(O)c(O)c(O)c2-c2c(O)c(O)c(O)c3c2C(=O)OC1C3(O)c1c(O)c(O)c(O)c2c1C(=O)OCC1OC(O)C3OC(=O)c4cc(O)c(O)c(O)c4-c4c(cc(O)c(O)c4O)C(=O)OC3C1OC(=O)c1cc(O)c(O)c(O)c1-2)c1cc(O)c(O)c(O)c1. The molecule has 1 fully saturated rings. The van der Waals surface area contributed by atoms with Gasteiger partial charge in [0.25, 0.3) is 0 Å². The molecule has 0 aliphatic carbocycles. The highest BCUT2D eigenvalue weighted by Crippen LogP contribution is 2.65. The number of aliphatic hydroxyl groups is 2. The lowest BCUT2D eigenvalue weighted by Crippen LogP contribution is -2.62. The zero-order chi connectivity index (χ0) is 88.7. The molecule has 122 heavy (non-hydrogen) atoms. The maximum atomic E-state index is 16.3. The fourth-order valence-electron chi connectivity index (χ4n) is 14.9. The third-order valence-corrected chi connectivity index (χ3v) is 20.5. The normalized spacial score (nSPS) is 21.6. The molecule has 0 aromatic heterocycles. The summed E-state index contributed by atoms with van der Waals surface area (Å²) in [6, 6.07) is 2.51. The van der Waals surface area contributed by atoms with Crippen molar-refractivity contribution in [3.8, 4) is 194 Å². The van der Waals surface area contributed by atoms with E-state index in [-0.39, 0.29) is 24.3 Å². The molecule has 6 aliphatic heterocycles. The van der Waals surface area contributed by atoms with Crippen molar-refractivity contribution in [3.05, 3.63) is 116 Å². The number of rotatable bonds is 4. The Kier molecular flexibility index (Phi) is 18.3. The van der Waals surface area contributed by atoms with Gasteiger partial charge in [0.1, 0.15) is 19.3 Å². The summed E-state index contributed by atoms with van der Waals surface area (Å²) in [5.74, 6) is -64.9. The minimum atomic E-state index is -4.93. The number of fused-ring (bicyclic) bond motifs is 16. The number of hydrogen-bond donors (Lipinski definition) is 28. The molecule has 0 radical (unpaired) electrons. The van der Waals surface area contributed by atoms with E-state index in [0.717, 1.165) is 0 Å². The predicted octanol–water partition coefficient (Wildman–Crippen LogP) is 1.81. The molecule has 632 valence electrons. The van der Waals surface area contributed by atoms with Gasteiger partial charge in [-0.2, -0.15) is 0 Å². The summed E-state index contributed by atoms with van der Waals surface area (Å²) >= 11 is 0. The molecular formula is C75H50O47. The van der Waals surface area contributed by atoms with Crippen molar-refractivity contribution in [1.29, 1.82) is 0 Å². The van der Waals surface area contributed by atoms with Crippen LogP contribution in [0.15, 0.2) is 54.6 Å². The Morgan fingerprint density at radius 3 is 1.07 bits per heavy atom. The molecule has 10 atom stereocenters. The largest absolute Gasteiger partial charge is 0.504 e. The van der Waals surface area contributed by atoms with Gasteiger partial charge in [0.2, 0.25) is 40.2 Å². The molecule has 9 aromatic rings. The average molecular weight is 1700 g/mol. The summed E-state index contributed by atoms with van der Waals surface area (Å²) in [5, 5.41) is 325. The molecule has 28 N–H and O–H groups in total. The molecule has 6 aliphatic rings. The zero-order valence-corrected chi connectivity index (χ0v) is 59.6. The van der Waals surface area contributed by atoms with Gasteiger partial charge in [-0.25, -0.2) is 43.2 Å². The summed E-state index contributed by atoms with van der Waals surface area (Å²) in [6.45, 7) is -3.83. The van der Waals surface area contributed by atoms with Crippen LogP contribution in [0.1, 0.15) is 104 Å². The lowest BCUT2D eigenvalue weighted by Gasteiger charge is -2.47. The number of hydrogen-bond acceptors (Lipinski definition) is 47. The van der Waals surface area contributed by atoms with Crippen molar-refractivity contribution < 1.29 is 234 Å². The number of aliphatic hydroxyl groups excluding tert-OH is 1. The van der Waals surface area contributed by atoms with Crippen molar-refractivity contribution in [2.45, 2.75) is 60.7 Å². The first-order chi connectivity index (χ1) is 57.3. The Morgan fingerprint density at radius 2 is 0.631 bits per heavy atom. The predicted molar refractivity (Wildman–Crippen MR) is 376 cm³/mol. The highest BCUT2D eigenvalue weighted by atomic mass is 16.7. The van der Waals surface area contributed by atoms with Crippen LogP contribution in [0.25, 0.3) is 44.5 Å². The van der Waals surface area contributed by atoms with Crippen LogP contribution in [0.2, 0.25) is 0 Å². The Hall–Kier alpha value is -17.1. The van der Waals surface area contributed by atoms with Crippen LogP contribution in [-0.4, -0.2) is 265 Å². The maximum absolute atomic E-state index is 16.3. The van der Waals surface area contributed by atoms with E-state index in [9.17, 15) is 162 Å². The van der Waals surface area contributed by atoms with Gasteiger partial charge in [0, 0.05) is 44.5 Å². The smallest absolute Gasteiger partial charge is 0.340 e. The number of aromatic hydroxyl groups is 26. The molecule has 47 nitrogen and oxygen atoms in total. The monoisotopic (exact) mass is 1700 g/mol. The van der Waals surface area contributed by atoms with Crippen LogP contribution in [0, 0.1) is 0 Å². The molecule has 15 rings (SSSR count). The van der Waals surface area contributed by atoms with Crippen LogP contribution in [0.5, 0.6) is 149 Å². The topological polar surface area (TPSA) is 812 Å². The van der Waals surface area contributed by atoms with Gasteiger partial charge in [0.05, 0.1) is 61.2 Å². The Balaban J connectivity index is 1.02. The second-order valence-electron chi connectivity index (χ2n) is 27.3. The van der Waals surface area contributed by atoms with E-state index in [1.54, 1.807) is 0 Å². The maximum Gasteiger partial charge on any atom is 0.340 e. The lowest BCUT2D eigenvalue weighted by atomic mass is 9.69. The summed E-state index contributed by atoms with van der Waals surface area (Å²) in [6.07, 6.45) is -28.4. The zero-order valence-electron chi connectivity index (χ0n) is 59.6. The number of phenolic OH excluding ortho intramolecular Hbond substituents is 26. The van der Waals surface area contributed by atoms with Crippen molar-refractivity contribution in [1.82, 2.24) is 0 Å². The minimum Gasteiger partial charge on any atom is -0.504 e. The van der Waals surface area contributed by atoms with Crippen LogP contribution >= 0.6 is 0 Å². The van der Waals surface area contributed by atoms with E-state index >= 15 is 24.0 Å². The van der Waals surface area contributed by atoms with E-state index < -0.39 is 383 Å². The number of phenols is 26. The van der Waals surface area contributed by atoms with E-state index in [0.29, 0.717) is 30.3 Å². The highest BCUT2D eigenvalue weighted by Gasteiger charge is 2.65. The van der Waals surface area contributed by atoms with Gasteiger partial charge >= 0.3 is 53.7 Å². The fraction of sp³-hybridized carbons (Fsp3) is 0.160. The van der Waals surface area contributed by atoms with Crippen molar-refractivity contribution in [3.63, 3.8) is 0 Å². The quantitative estimate of drug-likeness (QED) is 0.0679. The first-order valence-corrected chi connectivity index (χ1v) is 34.1. The van der Waals surface area contributed by atoms with Gasteiger partial charge in [-0.3, -0.25) is 0 Å². The van der Waals surface area contributed by atoms with E-state index in [1.807, 2.05) is 0 Å². The average Bonchev–Trinajstić information content (AvgIpc) is 0.707. The van der Waals surface area contributed by atoms with Crippen LogP contribution in [0.3, 0.4) is 0 Å². The van der Waals surface area contributed by atoms with Gasteiger partial charge in [-0.15, -0.1) is 0 Å². The van der Waals surface area contributed by atoms with Crippen molar-refractivity contribution in [2.24, 2.45) is 0 Å². The Labute approximate surface area is 668 Å². The summed E-state index contributed by atoms with van der Waals surface area (Å²) in [4.78, 5) is 138. The standard InChI is InChI=1S/C75H50O47/c76-19-2-1-13-29(42(19)85)30-14(5-22(79)43(86)48(30)91)66(103)113-10-28(115-65(102)12-3-20(77)41(84)21(78)4-12)60(118-67(13)104)62-64-75(112,40-38(73(110)122-64)36(54(97)58(101)56(40)99)34-18(70(107)120-62)9-26(83)47(90)52(34)95)39-37-35(53(96)57(100)55(39)98)33-17(8-25(82)46(89)51(33)94)68(105)117-59-27(11-114-72(37)109)116-74(111)63-61(59)119-69(106)15-6-23(80)44(87)49(92)31(15)32-16(71(108)121-63)7-24(81)45(88)50(32)93/h1-9,27-28,59-64,74,76-101,111-112H,10-11H2. The molecule has 6 heterocycles. The number of carbonyl (C=O) groups excluding carboxylic acids is 9. The van der Waals surface area contributed by atoms with E-state index in [4.69, 9.17) is 47.4 Å². The van der Waals surface area contributed by atoms with E-state index in [2.05, 4.69) is 0 Å². The second-order valence-corrected chi connectivity index (χ2v) is 27.3. The Morgan fingerprint density at radius 1 is 0.295 bits per heavy atom. The molecule has 10 unspecified atom stereocenters. The minimum absolute atomic E-state index is 0.0369. The molecule has 0 saturated carbocycles. The Bertz CT molecular complexity index is 6290. The van der Waals surface area contributed by atoms with Crippen LogP contribution in [-0.2, 0) is 53.0 Å².